The van der Waals surface area contributed by atoms with Crippen molar-refractivity contribution in [1.29, 1.82) is 0 Å². The standard InChI is InChI=1S/C22H27N3O2/c1-27-20-7-5-18(6-8-20)15-24-13-10-22(16-24)9-3-12-25(17-22)21(26)19-4-2-11-23-14-19/h2,4-8,11,14H,3,9-10,12-13,15-17H2,1H3/t22-/m0/s1. The second-order valence-electron chi connectivity index (χ2n) is 7.88. The van der Waals surface area contributed by atoms with Gasteiger partial charge in [-0.25, -0.2) is 0 Å². The Bertz CT molecular complexity index is 778. The third-order valence-corrected chi connectivity index (χ3v) is 5.94. The van der Waals surface area contributed by atoms with E-state index < -0.39 is 0 Å². The fraction of sp³-hybridized carbons (Fsp3) is 0.455. The first-order valence-electron chi connectivity index (χ1n) is 9.72. The lowest BCUT2D eigenvalue weighted by Crippen LogP contribution is -2.47. The van der Waals surface area contributed by atoms with Crippen LogP contribution in [-0.2, 0) is 6.54 Å². The topological polar surface area (TPSA) is 45.7 Å². The number of carbonyl (C=O) groups is 1. The van der Waals surface area contributed by atoms with Crippen LogP contribution in [-0.4, -0.2) is 54.0 Å². The van der Waals surface area contributed by atoms with Crippen LogP contribution in [0.25, 0.3) is 0 Å². The van der Waals surface area contributed by atoms with Crippen molar-refractivity contribution in [1.82, 2.24) is 14.8 Å². The number of amides is 1. The summed E-state index contributed by atoms with van der Waals surface area (Å²) in [6.45, 7) is 4.84. The molecule has 0 bridgehead atoms. The van der Waals surface area contributed by atoms with E-state index in [1.807, 2.05) is 29.2 Å². The van der Waals surface area contributed by atoms with Gasteiger partial charge in [-0.05, 0) is 55.6 Å². The summed E-state index contributed by atoms with van der Waals surface area (Å²) in [6.07, 6.45) is 6.85. The van der Waals surface area contributed by atoms with Crippen molar-refractivity contribution in [3.8, 4) is 5.75 Å². The third-order valence-electron chi connectivity index (χ3n) is 5.94. The van der Waals surface area contributed by atoms with Crippen molar-refractivity contribution in [3.63, 3.8) is 0 Å². The third kappa shape index (κ3) is 3.98. The van der Waals surface area contributed by atoms with E-state index in [1.165, 1.54) is 18.4 Å². The van der Waals surface area contributed by atoms with E-state index in [0.29, 0.717) is 5.56 Å². The molecule has 2 saturated heterocycles. The van der Waals surface area contributed by atoms with Crippen LogP contribution in [0.2, 0.25) is 0 Å². The fourth-order valence-corrected chi connectivity index (χ4v) is 4.54. The van der Waals surface area contributed by atoms with Gasteiger partial charge in [0, 0.05) is 44.0 Å². The van der Waals surface area contributed by atoms with E-state index in [4.69, 9.17) is 4.74 Å². The number of ether oxygens (including phenoxy) is 1. The second-order valence-corrected chi connectivity index (χ2v) is 7.88. The fourth-order valence-electron chi connectivity index (χ4n) is 4.54. The summed E-state index contributed by atoms with van der Waals surface area (Å²) >= 11 is 0. The molecular formula is C22H27N3O2. The molecule has 0 unspecified atom stereocenters. The van der Waals surface area contributed by atoms with Gasteiger partial charge in [0.05, 0.1) is 12.7 Å². The minimum Gasteiger partial charge on any atom is -0.497 e. The number of hydrogen-bond acceptors (Lipinski definition) is 4. The molecule has 2 aliphatic heterocycles. The number of methoxy groups -OCH3 is 1. The van der Waals surface area contributed by atoms with Gasteiger partial charge in [0.2, 0.25) is 0 Å². The van der Waals surface area contributed by atoms with E-state index in [9.17, 15) is 4.79 Å². The van der Waals surface area contributed by atoms with Crippen molar-refractivity contribution in [2.45, 2.75) is 25.8 Å². The Morgan fingerprint density at radius 3 is 2.74 bits per heavy atom. The van der Waals surface area contributed by atoms with Crippen LogP contribution >= 0.6 is 0 Å². The van der Waals surface area contributed by atoms with Crippen molar-refractivity contribution in [2.75, 3.05) is 33.3 Å². The maximum Gasteiger partial charge on any atom is 0.255 e. The summed E-state index contributed by atoms with van der Waals surface area (Å²) in [5.74, 6) is 1.02. The molecule has 2 fully saturated rings. The molecule has 1 amide bonds. The molecule has 2 aromatic rings. The number of carbonyl (C=O) groups excluding carboxylic acids is 1. The van der Waals surface area contributed by atoms with Crippen LogP contribution in [0.15, 0.2) is 48.8 Å². The van der Waals surface area contributed by atoms with Crippen LogP contribution in [0.4, 0.5) is 0 Å². The molecule has 0 N–H and O–H groups in total. The molecule has 1 spiro atoms. The number of likely N-dealkylation sites (tertiary alicyclic amines) is 2. The van der Waals surface area contributed by atoms with Gasteiger partial charge < -0.3 is 9.64 Å². The van der Waals surface area contributed by atoms with Gasteiger partial charge in [-0.3, -0.25) is 14.7 Å². The summed E-state index contributed by atoms with van der Waals surface area (Å²) in [4.78, 5) is 21.5. The summed E-state index contributed by atoms with van der Waals surface area (Å²) < 4.78 is 5.24. The van der Waals surface area contributed by atoms with Crippen molar-refractivity contribution in [2.24, 2.45) is 5.41 Å². The molecule has 1 atom stereocenters. The van der Waals surface area contributed by atoms with E-state index in [0.717, 1.165) is 44.9 Å². The molecule has 1 aromatic heterocycles. The van der Waals surface area contributed by atoms with Crippen molar-refractivity contribution >= 4 is 5.91 Å². The van der Waals surface area contributed by atoms with E-state index >= 15 is 0 Å². The van der Waals surface area contributed by atoms with E-state index in [1.54, 1.807) is 19.5 Å². The minimum absolute atomic E-state index is 0.121. The number of pyridine rings is 1. The quantitative estimate of drug-likeness (QED) is 0.835. The van der Waals surface area contributed by atoms with E-state index in [-0.39, 0.29) is 11.3 Å². The largest absolute Gasteiger partial charge is 0.497 e. The number of hydrogen-bond donors (Lipinski definition) is 0. The van der Waals surface area contributed by atoms with Crippen LogP contribution < -0.4 is 4.74 Å². The predicted octanol–water partition coefficient (Wildman–Crippen LogP) is 3.22. The highest BCUT2D eigenvalue weighted by Gasteiger charge is 2.42. The first-order chi connectivity index (χ1) is 13.2. The first kappa shape index (κ1) is 18.0. The zero-order valence-corrected chi connectivity index (χ0v) is 15.9. The van der Waals surface area contributed by atoms with Crippen LogP contribution in [0.3, 0.4) is 0 Å². The normalized spacial score (nSPS) is 22.9. The average Bonchev–Trinajstić information content (AvgIpc) is 3.10. The molecule has 5 nitrogen and oxygen atoms in total. The van der Waals surface area contributed by atoms with Gasteiger partial charge in [-0.1, -0.05) is 12.1 Å². The Balaban J connectivity index is 1.39. The van der Waals surface area contributed by atoms with Crippen molar-refractivity contribution in [3.05, 3.63) is 59.9 Å². The second kappa shape index (κ2) is 7.69. The SMILES string of the molecule is COc1ccc(CN2CC[C@@]3(CCCN(C(=O)c4cccnc4)C3)C2)cc1. The number of aromatic nitrogens is 1. The maximum atomic E-state index is 12.8. The van der Waals surface area contributed by atoms with Crippen molar-refractivity contribution < 1.29 is 9.53 Å². The molecule has 0 radical (unpaired) electrons. The lowest BCUT2D eigenvalue weighted by atomic mass is 9.79. The summed E-state index contributed by atoms with van der Waals surface area (Å²) in [6, 6.07) is 12.0. The molecule has 5 heteroatoms. The van der Waals surface area contributed by atoms with Gasteiger partial charge in [-0.15, -0.1) is 0 Å². The highest BCUT2D eigenvalue weighted by molar-refractivity contribution is 5.94. The highest BCUT2D eigenvalue weighted by atomic mass is 16.5. The predicted molar refractivity (Wildman–Crippen MR) is 105 cm³/mol. The molecule has 3 heterocycles. The number of piperidine rings is 1. The smallest absolute Gasteiger partial charge is 0.255 e. The first-order valence-corrected chi connectivity index (χ1v) is 9.72. The minimum atomic E-state index is 0.121. The number of nitrogens with zero attached hydrogens (tertiary/aromatic N) is 3. The van der Waals surface area contributed by atoms with Crippen LogP contribution in [0.5, 0.6) is 5.75 Å². The molecular weight excluding hydrogens is 338 g/mol. The maximum absolute atomic E-state index is 12.8. The zero-order chi connectivity index (χ0) is 18.7. The average molecular weight is 365 g/mol. The Kier molecular flexibility index (Phi) is 5.12. The Morgan fingerprint density at radius 1 is 1.15 bits per heavy atom. The molecule has 27 heavy (non-hydrogen) atoms. The van der Waals surface area contributed by atoms with Gasteiger partial charge >= 0.3 is 0 Å². The van der Waals surface area contributed by atoms with Gasteiger partial charge in [0.1, 0.15) is 5.75 Å². The molecule has 0 saturated carbocycles. The summed E-state index contributed by atoms with van der Waals surface area (Å²) in [5, 5.41) is 0. The van der Waals surface area contributed by atoms with Gasteiger partial charge in [0.25, 0.3) is 5.91 Å². The van der Waals surface area contributed by atoms with Gasteiger partial charge in [0.15, 0.2) is 0 Å². The molecule has 0 aliphatic carbocycles. The number of rotatable bonds is 4. The van der Waals surface area contributed by atoms with Crippen LogP contribution in [0, 0.1) is 5.41 Å². The molecule has 4 rings (SSSR count). The Hall–Kier alpha value is -2.40. The summed E-state index contributed by atoms with van der Waals surface area (Å²) in [5.41, 5.74) is 2.25. The Labute approximate surface area is 161 Å². The molecule has 142 valence electrons. The molecule has 1 aromatic carbocycles. The van der Waals surface area contributed by atoms with Gasteiger partial charge in [-0.2, -0.15) is 0 Å². The Morgan fingerprint density at radius 2 is 2.00 bits per heavy atom. The zero-order valence-electron chi connectivity index (χ0n) is 15.9. The monoisotopic (exact) mass is 365 g/mol. The van der Waals surface area contributed by atoms with Crippen LogP contribution in [0.1, 0.15) is 35.2 Å². The lowest BCUT2D eigenvalue weighted by molar-refractivity contribution is 0.0526. The summed E-state index contributed by atoms with van der Waals surface area (Å²) in [7, 11) is 1.70. The number of benzene rings is 1. The lowest BCUT2D eigenvalue weighted by Gasteiger charge is -2.40. The highest BCUT2D eigenvalue weighted by Crippen LogP contribution is 2.39. The van der Waals surface area contributed by atoms with E-state index in [2.05, 4.69) is 22.0 Å². The molecule has 2 aliphatic rings.